The summed E-state index contributed by atoms with van der Waals surface area (Å²) in [6.45, 7) is 0.634. The first kappa shape index (κ1) is 14.0. The summed E-state index contributed by atoms with van der Waals surface area (Å²) >= 11 is 6.03. The van der Waals surface area contributed by atoms with Crippen molar-refractivity contribution in [3.05, 3.63) is 23.8 Å². The largest absolute Gasteiger partial charge is 0.504 e. The molecular formula is C14H18ClNO3. The maximum absolute atomic E-state index is 11.9. The number of benzene rings is 1. The molecule has 0 radical (unpaired) electrons. The van der Waals surface area contributed by atoms with Crippen LogP contribution in [0, 0.1) is 5.92 Å². The molecule has 4 nitrogen and oxygen atoms in total. The van der Waals surface area contributed by atoms with Gasteiger partial charge in [0.25, 0.3) is 5.91 Å². The molecule has 2 rings (SSSR count). The standard InChI is InChI=1S/C14H18ClNO3/c1-19-13-5-3-10(7-12(13)17)14(18)16-8-9-2-4-11(15)6-9/h3,5,7,9,11,17H,2,4,6,8H2,1H3,(H,16,18). The van der Waals surface area contributed by atoms with Crippen molar-refractivity contribution in [1.29, 1.82) is 0 Å². The average Bonchev–Trinajstić information content (AvgIpc) is 2.81. The summed E-state index contributed by atoms with van der Waals surface area (Å²) in [6, 6.07) is 4.62. The molecule has 0 aromatic heterocycles. The lowest BCUT2D eigenvalue weighted by Crippen LogP contribution is -2.28. The Bertz CT molecular complexity index is 464. The second kappa shape index (κ2) is 6.15. The predicted octanol–water partition coefficient (Wildman–Crippen LogP) is 2.54. The normalized spacial score (nSPS) is 22.2. The molecule has 0 spiro atoms. The number of carbonyl (C=O) groups is 1. The van der Waals surface area contributed by atoms with E-state index in [0.717, 1.165) is 19.3 Å². The quantitative estimate of drug-likeness (QED) is 0.835. The molecule has 0 heterocycles. The second-order valence-electron chi connectivity index (χ2n) is 4.87. The zero-order chi connectivity index (χ0) is 13.8. The van der Waals surface area contributed by atoms with Gasteiger partial charge in [-0.05, 0) is 43.4 Å². The minimum atomic E-state index is -0.184. The van der Waals surface area contributed by atoms with Gasteiger partial charge in [-0.15, -0.1) is 11.6 Å². The number of carbonyl (C=O) groups excluding carboxylic acids is 1. The smallest absolute Gasteiger partial charge is 0.251 e. The number of amides is 1. The second-order valence-corrected chi connectivity index (χ2v) is 5.49. The highest BCUT2D eigenvalue weighted by atomic mass is 35.5. The molecule has 1 amide bonds. The van der Waals surface area contributed by atoms with Crippen LogP contribution >= 0.6 is 11.6 Å². The SMILES string of the molecule is COc1ccc(C(=O)NCC2CCC(Cl)C2)cc1O. The average molecular weight is 284 g/mol. The van der Waals surface area contributed by atoms with Crippen molar-refractivity contribution in [2.45, 2.75) is 24.6 Å². The summed E-state index contributed by atoms with van der Waals surface area (Å²) in [5, 5.41) is 12.8. The van der Waals surface area contributed by atoms with Crippen molar-refractivity contribution in [3.63, 3.8) is 0 Å². The van der Waals surface area contributed by atoms with Gasteiger partial charge in [0, 0.05) is 17.5 Å². The lowest BCUT2D eigenvalue weighted by molar-refractivity contribution is 0.0947. The Morgan fingerprint density at radius 2 is 2.32 bits per heavy atom. The number of nitrogens with one attached hydrogen (secondary N) is 1. The summed E-state index contributed by atoms with van der Waals surface area (Å²) in [7, 11) is 1.47. The maximum atomic E-state index is 11.9. The van der Waals surface area contributed by atoms with Crippen LogP contribution in [0.2, 0.25) is 0 Å². The van der Waals surface area contributed by atoms with E-state index in [-0.39, 0.29) is 17.0 Å². The van der Waals surface area contributed by atoms with E-state index in [2.05, 4.69) is 5.32 Å². The van der Waals surface area contributed by atoms with E-state index in [0.29, 0.717) is 23.8 Å². The lowest BCUT2D eigenvalue weighted by atomic mass is 10.1. The zero-order valence-corrected chi connectivity index (χ0v) is 11.6. The van der Waals surface area contributed by atoms with Crippen LogP contribution in [0.3, 0.4) is 0 Å². The summed E-state index contributed by atoms with van der Waals surface area (Å²) in [5.41, 5.74) is 0.429. The third-order valence-corrected chi connectivity index (χ3v) is 3.87. The highest BCUT2D eigenvalue weighted by molar-refractivity contribution is 6.20. The van der Waals surface area contributed by atoms with E-state index in [1.807, 2.05) is 0 Å². The summed E-state index contributed by atoms with van der Waals surface area (Å²) < 4.78 is 4.94. The Kier molecular flexibility index (Phi) is 4.53. The van der Waals surface area contributed by atoms with Gasteiger partial charge in [-0.1, -0.05) is 0 Å². The van der Waals surface area contributed by atoms with Gasteiger partial charge >= 0.3 is 0 Å². The van der Waals surface area contributed by atoms with Crippen molar-refractivity contribution in [3.8, 4) is 11.5 Å². The van der Waals surface area contributed by atoms with Crippen molar-refractivity contribution in [2.24, 2.45) is 5.92 Å². The van der Waals surface area contributed by atoms with Crippen LogP contribution in [-0.4, -0.2) is 30.0 Å². The third-order valence-electron chi connectivity index (χ3n) is 3.47. The first-order valence-electron chi connectivity index (χ1n) is 6.39. The van der Waals surface area contributed by atoms with Gasteiger partial charge in [0.1, 0.15) is 0 Å². The highest BCUT2D eigenvalue weighted by Gasteiger charge is 2.23. The van der Waals surface area contributed by atoms with Gasteiger partial charge in [-0.3, -0.25) is 4.79 Å². The van der Waals surface area contributed by atoms with Gasteiger partial charge < -0.3 is 15.2 Å². The van der Waals surface area contributed by atoms with Crippen LogP contribution in [0.5, 0.6) is 11.5 Å². The Morgan fingerprint density at radius 3 is 2.89 bits per heavy atom. The van der Waals surface area contributed by atoms with Gasteiger partial charge in [-0.25, -0.2) is 0 Å². The van der Waals surface area contributed by atoms with Crippen molar-refractivity contribution in [2.75, 3.05) is 13.7 Å². The van der Waals surface area contributed by atoms with E-state index < -0.39 is 0 Å². The molecule has 2 unspecified atom stereocenters. The minimum Gasteiger partial charge on any atom is -0.504 e. The van der Waals surface area contributed by atoms with E-state index in [1.165, 1.54) is 13.2 Å². The summed E-state index contributed by atoms with van der Waals surface area (Å²) in [4.78, 5) is 11.9. The molecular weight excluding hydrogens is 266 g/mol. The van der Waals surface area contributed by atoms with Crippen LogP contribution in [0.4, 0.5) is 0 Å². The van der Waals surface area contributed by atoms with E-state index in [4.69, 9.17) is 16.3 Å². The van der Waals surface area contributed by atoms with Crippen LogP contribution in [-0.2, 0) is 0 Å². The Balaban J connectivity index is 1.91. The van der Waals surface area contributed by atoms with E-state index >= 15 is 0 Å². The lowest BCUT2D eigenvalue weighted by Gasteiger charge is -2.11. The molecule has 5 heteroatoms. The molecule has 0 saturated heterocycles. The monoisotopic (exact) mass is 283 g/mol. The van der Waals surface area contributed by atoms with Crippen molar-refractivity contribution in [1.82, 2.24) is 5.32 Å². The van der Waals surface area contributed by atoms with E-state index in [9.17, 15) is 9.90 Å². The molecule has 1 aromatic carbocycles. The molecule has 1 fully saturated rings. The number of halogens is 1. The van der Waals surface area contributed by atoms with Gasteiger partial charge in [0.05, 0.1) is 7.11 Å². The van der Waals surface area contributed by atoms with Crippen molar-refractivity contribution >= 4 is 17.5 Å². The molecule has 104 valence electrons. The number of alkyl halides is 1. The molecule has 2 N–H and O–H groups in total. The number of ether oxygens (including phenoxy) is 1. The van der Waals surface area contributed by atoms with Crippen molar-refractivity contribution < 1.29 is 14.6 Å². The first-order valence-corrected chi connectivity index (χ1v) is 6.83. The van der Waals surface area contributed by atoms with E-state index in [1.54, 1.807) is 12.1 Å². The van der Waals surface area contributed by atoms with Crippen LogP contribution in [0.15, 0.2) is 18.2 Å². The summed E-state index contributed by atoms with van der Waals surface area (Å²) in [6.07, 6.45) is 3.03. The molecule has 1 aliphatic carbocycles. The van der Waals surface area contributed by atoms with Gasteiger partial charge in [0.2, 0.25) is 0 Å². The molecule has 0 bridgehead atoms. The zero-order valence-electron chi connectivity index (χ0n) is 10.9. The number of phenolic OH excluding ortho intramolecular Hbond substituents is 1. The fraction of sp³-hybridized carbons (Fsp3) is 0.500. The van der Waals surface area contributed by atoms with Crippen LogP contribution in [0.25, 0.3) is 0 Å². The van der Waals surface area contributed by atoms with Crippen LogP contribution < -0.4 is 10.1 Å². The fourth-order valence-corrected chi connectivity index (χ4v) is 2.75. The Hall–Kier alpha value is -1.42. The number of hydrogen-bond donors (Lipinski definition) is 2. The number of aromatic hydroxyl groups is 1. The topological polar surface area (TPSA) is 58.6 Å². The number of phenols is 1. The highest BCUT2D eigenvalue weighted by Crippen LogP contribution is 2.29. The minimum absolute atomic E-state index is 0.0307. The van der Waals surface area contributed by atoms with Gasteiger partial charge in [-0.2, -0.15) is 0 Å². The molecule has 2 atom stereocenters. The molecule has 1 aliphatic rings. The van der Waals surface area contributed by atoms with Gasteiger partial charge in [0.15, 0.2) is 11.5 Å². The maximum Gasteiger partial charge on any atom is 0.251 e. The Morgan fingerprint density at radius 1 is 1.53 bits per heavy atom. The van der Waals surface area contributed by atoms with Crippen LogP contribution in [0.1, 0.15) is 29.6 Å². The first-order chi connectivity index (χ1) is 9.10. The molecule has 0 aliphatic heterocycles. The number of rotatable bonds is 4. The summed E-state index contributed by atoms with van der Waals surface area (Å²) in [5.74, 6) is 0.600. The fourth-order valence-electron chi connectivity index (χ4n) is 2.37. The molecule has 1 aromatic rings. The Labute approximate surface area is 117 Å². The molecule has 1 saturated carbocycles. The predicted molar refractivity (Wildman–Crippen MR) is 74.0 cm³/mol. The number of hydrogen-bond acceptors (Lipinski definition) is 3. The third kappa shape index (κ3) is 3.53. The molecule has 19 heavy (non-hydrogen) atoms. The number of methoxy groups -OCH3 is 1.